The third-order valence-electron chi connectivity index (χ3n) is 6.39. The highest BCUT2D eigenvalue weighted by molar-refractivity contribution is 7.89. The minimum Gasteiger partial charge on any atom is -0.481 e. The molecule has 1 spiro atoms. The molecule has 4 rings (SSSR count). The van der Waals surface area contributed by atoms with Crippen LogP contribution in [0.4, 0.5) is 0 Å². The molecule has 10 heteroatoms. The molecule has 0 bridgehead atoms. The fourth-order valence-electron chi connectivity index (χ4n) is 5.03. The van der Waals surface area contributed by atoms with Gasteiger partial charge in [-0.2, -0.15) is 4.31 Å². The van der Waals surface area contributed by atoms with E-state index in [0.29, 0.717) is 19.4 Å². The third-order valence-corrected chi connectivity index (χ3v) is 8.35. The number of hydrogen-bond acceptors (Lipinski definition) is 6. The van der Waals surface area contributed by atoms with Crippen molar-refractivity contribution in [3.63, 3.8) is 0 Å². The van der Waals surface area contributed by atoms with Crippen LogP contribution in [0.15, 0.2) is 58.0 Å². The van der Waals surface area contributed by atoms with Crippen molar-refractivity contribution in [3.05, 3.63) is 54.5 Å². The van der Waals surface area contributed by atoms with Crippen molar-refractivity contribution < 1.29 is 32.6 Å². The van der Waals surface area contributed by atoms with Gasteiger partial charge in [0.05, 0.1) is 29.7 Å². The van der Waals surface area contributed by atoms with Crippen LogP contribution in [0.2, 0.25) is 0 Å². The maximum atomic E-state index is 14.0. The number of amides is 1. The number of hydrogen-bond donors (Lipinski definition) is 2. The molecule has 0 aliphatic carbocycles. The van der Waals surface area contributed by atoms with Crippen molar-refractivity contribution >= 4 is 21.9 Å². The second-order valence-corrected chi connectivity index (χ2v) is 10.0. The summed E-state index contributed by atoms with van der Waals surface area (Å²) in [6, 6.07) is 9.65. The number of carboxylic acid groups (broad SMARTS) is 1. The highest BCUT2D eigenvalue weighted by Gasteiger charge is 2.64. The monoisotopic (exact) mass is 462 g/mol. The number of carbonyl (C=O) groups is 2. The molecule has 3 heterocycles. The van der Waals surface area contributed by atoms with Crippen molar-refractivity contribution in [1.29, 1.82) is 0 Å². The van der Waals surface area contributed by atoms with Gasteiger partial charge < -0.3 is 19.5 Å². The Morgan fingerprint density at radius 2 is 1.91 bits per heavy atom. The molecular weight excluding hydrogens is 436 g/mol. The highest BCUT2D eigenvalue weighted by atomic mass is 32.2. The first kappa shape index (κ1) is 22.5. The Morgan fingerprint density at radius 1 is 1.16 bits per heavy atom. The van der Waals surface area contributed by atoms with Crippen LogP contribution in [0.5, 0.6) is 0 Å². The van der Waals surface area contributed by atoms with Crippen molar-refractivity contribution in [1.82, 2.24) is 9.21 Å². The smallest absolute Gasteiger partial charge is 0.308 e. The third kappa shape index (κ3) is 3.62. The van der Waals surface area contributed by atoms with Gasteiger partial charge in [0.25, 0.3) is 0 Å². The van der Waals surface area contributed by atoms with Crippen LogP contribution in [0.1, 0.15) is 37.5 Å². The standard InChI is InChI=1S/C22H26N2O7S/c25-13-12-23-11-5-4-10-22(21(23)28)15-17(20(26)27)19(18-9-6-14-31-18)24(22)32(29,30)16-7-2-1-3-8-16/h1-3,6-9,14,17,19,25H,4-5,10-13,15H2,(H,26,27)/t17-,19+,22-/m0/s1. The molecule has 2 aliphatic heterocycles. The Balaban J connectivity index is 1.95. The average Bonchev–Trinajstić information content (AvgIpc) is 3.39. The van der Waals surface area contributed by atoms with Crippen LogP contribution in [-0.4, -0.2) is 64.9 Å². The Hall–Kier alpha value is -2.69. The lowest BCUT2D eigenvalue weighted by atomic mass is 9.86. The zero-order valence-corrected chi connectivity index (χ0v) is 18.3. The summed E-state index contributed by atoms with van der Waals surface area (Å²) in [7, 11) is -4.28. The summed E-state index contributed by atoms with van der Waals surface area (Å²) in [6.45, 7) is 0.170. The van der Waals surface area contributed by atoms with E-state index in [4.69, 9.17) is 4.42 Å². The van der Waals surface area contributed by atoms with E-state index in [1.165, 1.54) is 23.3 Å². The lowest BCUT2D eigenvalue weighted by molar-refractivity contribution is -0.142. The lowest BCUT2D eigenvalue weighted by Gasteiger charge is -2.39. The van der Waals surface area contributed by atoms with Gasteiger partial charge in [-0.1, -0.05) is 18.2 Å². The fraction of sp³-hybridized carbons (Fsp3) is 0.455. The molecule has 2 aliphatic rings. The van der Waals surface area contributed by atoms with Crippen LogP contribution in [0, 0.1) is 5.92 Å². The molecule has 1 aromatic heterocycles. The topological polar surface area (TPSA) is 128 Å². The number of aliphatic hydroxyl groups excluding tert-OH is 1. The summed E-state index contributed by atoms with van der Waals surface area (Å²) in [6.07, 6.45) is 2.57. The van der Waals surface area contributed by atoms with Gasteiger partial charge >= 0.3 is 5.97 Å². The summed E-state index contributed by atoms with van der Waals surface area (Å²) in [5, 5.41) is 19.5. The molecule has 172 valence electrons. The van der Waals surface area contributed by atoms with E-state index in [-0.39, 0.29) is 36.6 Å². The second kappa shape index (κ2) is 8.68. The molecule has 32 heavy (non-hydrogen) atoms. The molecule has 2 saturated heterocycles. The lowest BCUT2D eigenvalue weighted by Crippen LogP contribution is -2.58. The summed E-state index contributed by atoms with van der Waals surface area (Å²) in [5.74, 6) is -2.65. The largest absolute Gasteiger partial charge is 0.481 e. The second-order valence-electron chi connectivity index (χ2n) is 8.23. The maximum absolute atomic E-state index is 14.0. The van der Waals surface area contributed by atoms with Crippen LogP contribution in [-0.2, 0) is 19.6 Å². The molecule has 9 nitrogen and oxygen atoms in total. The first-order valence-corrected chi connectivity index (χ1v) is 12.0. The van der Waals surface area contributed by atoms with Crippen molar-refractivity contribution in [3.8, 4) is 0 Å². The predicted molar refractivity (Wildman–Crippen MR) is 113 cm³/mol. The first-order valence-electron chi connectivity index (χ1n) is 10.6. The number of carbonyl (C=O) groups excluding carboxylic acids is 1. The molecule has 0 radical (unpaired) electrons. The highest BCUT2D eigenvalue weighted by Crippen LogP contribution is 2.53. The Kier molecular flexibility index (Phi) is 6.11. The molecule has 1 aromatic carbocycles. The number of carboxylic acids is 1. The van der Waals surface area contributed by atoms with Gasteiger partial charge in [-0.3, -0.25) is 9.59 Å². The Labute approximate surface area is 186 Å². The first-order chi connectivity index (χ1) is 15.3. The number of rotatable bonds is 6. The SMILES string of the molecule is O=C(O)[C@H]1C[C@]2(CCCCN(CCO)C2=O)N(S(=O)(=O)c2ccccc2)[C@H]1c1ccco1. The number of nitrogens with zero attached hydrogens (tertiary/aromatic N) is 2. The van der Waals surface area contributed by atoms with Gasteiger partial charge in [-0.15, -0.1) is 0 Å². The molecule has 0 unspecified atom stereocenters. The molecule has 2 N–H and O–H groups in total. The zero-order chi connectivity index (χ0) is 22.9. The molecule has 0 saturated carbocycles. The molecule has 3 atom stereocenters. The van der Waals surface area contributed by atoms with Gasteiger partial charge in [0.15, 0.2) is 0 Å². The summed E-state index contributed by atoms with van der Waals surface area (Å²) < 4.78 is 34.5. The van der Waals surface area contributed by atoms with Crippen LogP contribution < -0.4 is 0 Å². The molecule has 2 aromatic rings. The van der Waals surface area contributed by atoms with E-state index in [9.17, 15) is 28.2 Å². The number of benzene rings is 1. The Bertz CT molecular complexity index is 1070. The number of furan rings is 1. The van der Waals surface area contributed by atoms with Crippen molar-refractivity contribution in [2.24, 2.45) is 5.92 Å². The number of aliphatic carboxylic acids is 1. The number of aliphatic hydroxyl groups is 1. The van der Waals surface area contributed by atoms with Gasteiger partial charge in [0.1, 0.15) is 11.3 Å². The van der Waals surface area contributed by atoms with Gasteiger partial charge in [-0.25, -0.2) is 8.42 Å². The van der Waals surface area contributed by atoms with E-state index in [0.717, 1.165) is 4.31 Å². The van der Waals surface area contributed by atoms with E-state index < -0.39 is 39.4 Å². The fourth-order valence-corrected chi connectivity index (χ4v) is 7.01. The average molecular weight is 463 g/mol. The molecular formula is C22H26N2O7S. The van der Waals surface area contributed by atoms with Crippen LogP contribution in [0.3, 0.4) is 0 Å². The normalized spacial score (nSPS) is 27.0. The quantitative estimate of drug-likeness (QED) is 0.670. The van der Waals surface area contributed by atoms with E-state index >= 15 is 0 Å². The van der Waals surface area contributed by atoms with Crippen LogP contribution in [0.25, 0.3) is 0 Å². The van der Waals surface area contributed by atoms with Crippen molar-refractivity contribution in [2.75, 3.05) is 19.7 Å². The summed E-state index contributed by atoms with van der Waals surface area (Å²) in [5.41, 5.74) is -1.58. The summed E-state index contributed by atoms with van der Waals surface area (Å²) in [4.78, 5) is 27.6. The van der Waals surface area contributed by atoms with E-state index in [1.807, 2.05) is 0 Å². The van der Waals surface area contributed by atoms with Crippen LogP contribution >= 0.6 is 0 Å². The van der Waals surface area contributed by atoms with E-state index in [1.54, 1.807) is 30.3 Å². The zero-order valence-electron chi connectivity index (χ0n) is 17.5. The molecule has 1 amide bonds. The minimum absolute atomic E-state index is 0.0206. The van der Waals surface area contributed by atoms with Crippen molar-refractivity contribution in [2.45, 2.75) is 42.2 Å². The Morgan fingerprint density at radius 3 is 2.53 bits per heavy atom. The van der Waals surface area contributed by atoms with Gasteiger partial charge in [0.2, 0.25) is 15.9 Å². The number of sulfonamides is 1. The van der Waals surface area contributed by atoms with Gasteiger partial charge in [-0.05, 0) is 49.9 Å². The molecule has 2 fully saturated rings. The predicted octanol–water partition coefficient (Wildman–Crippen LogP) is 1.86. The van der Waals surface area contributed by atoms with E-state index in [2.05, 4.69) is 0 Å². The number of likely N-dealkylation sites (tertiary alicyclic amines) is 1. The number of β-amino-alcohol motifs (C(OH)–C–C–N with tert-alkyl or cyclic N) is 1. The minimum atomic E-state index is -4.28. The summed E-state index contributed by atoms with van der Waals surface area (Å²) >= 11 is 0. The van der Waals surface area contributed by atoms with Gasteiger partial charge in [0, 0.05) is 13.1 Å². The maximum Gasteiger partial charge on any atom is 0.308 e.